The van der Waals surface area contributed by atoms with Crippen LogP contribution in [0.4, 0.5) is 8.78 Å². The third kappa shape index (κ3) is 3.06. The average Bonchev–Trinajstić information content (AvgIpc) is 2.95. The highest BCUT2D eigenvalue weighted by molar-refractivity contribution is 5.77. The average molecular weight is 330 g/mol. The van der Waals surface area contributed by atoms with E-state index in [1.165, 1.54) is 39.9 Å². The van der Waals surface area contributed by atoms with Gasteiger partial charge in [-0.15, -0.1) is 0 Å². The van der Waals surface area contributed by atoms with Crippen molar-refractivity contribution in [1.82, 2.24) is 0 Å². The molecule has 0 bridgehead atoms. The van der Waals surface area contributed by atoms with Crippen molar-refractivity contribution in [3.63, 3.8) is 0 Å². The fourth-order valence-corrected chi connectivity index (χ4v) is 3.33. The van der Waals surface area contributed by atoms with Gasteiger partial charge in [0.2, 0.25) is 0 Å². The minimum absolute atomic E-state index is 0.342. The molecule has 0 fully saturated rings. The molecule has 0 saturated heterocycles. The van der Waals surface area contributed by atoms with Crippen molar-refractivity contribution in [3.05, 3.63) is 94.0 Å². The van der Waals surface area contributed by atoms with Crippen LogP contribution >= 0.6 is 0 Å². The van der Waals surface area contributed by atoms with Crippen molar-refractivity contribution < 1.29 is 8.78 Å². The summed E-state index contributed by atoms with van der Waals surface area (Å²) in [5, 5.41) is 0. The van der Waals surface area contributed by atoms with E-state index in [2.05, 4.69) is 49.1 Å². The van der Waals surface area contributed by atoms with E-state index in [0.29, 0.717) is 5.56 Å². The lowest BCUT2D eigenvalue weighted by molar-refractivity contribution is 0.582. The van der Waals surface area contributed by atoms with E-state index in [-0.39, 0.29) is 0 Å². The molecule has 0 unspecified atom stereocenters. The molecule has 0 amide bonds. The molecule has 1 aliphatic carbocycles. The fraction of sp³-hybridized carbons (Fsp3) is 0.130. The molecule has 4 rings (SSSR count). The summed E-state index contributed by atoms with van der Waals surface area (Å²) in [5.74, 6) is 4.63. The summed E-state index contributed by atoms with van der Waals surface area (Å²) < 4.78 is 26.5. The molecule has 0 spiro atoms. The topological polar surface area (TPSA) is 0 Å². The Morgan fingerprint density at radius 3 is 2.12 bits per heavy atom. The largest absolute Gasteiger partial charge is 0.207 e. The van der Waals surface area contributed by atoms with Gasteiger partial charge in [-0.25, -0.2) is 8.78 Å². The van der Waals surface area contributed by atoms with Gasteiger partial charge in [-0.1, -0.05) is 43.0 Å². The first-order valence-corrected chi connectivity index (χ1v) is 8.35. The summed E-state index contributed by atoms with van der Waals surface area (Å²) >= 11 is 0. The molecule has 0 radical (unpaired) electrons. The Morgan fingerprint density at radius 1 is 0.760 bits per heavy atom. The van der Waals surface area contributed by atoms with Crippen molar-refractivity contribution >= 4 is 0 Å². The lowest BCUT2D eigenvalue weighted by atomic mass is 10.0. The third-order valence-corrected chi connectivity index (χ3v) is 4.57. The van der Waals surface area contributed by atoms with Gasteiger partial charge in [0.15, 0.2) is 0 Å². The van der Waals surface area contributed by atoms with Gasteiger partial charge in [-0.3, -0.25) is 0 Å². The standard InChI is InChI=1S/C23H16F2/c1-2-15-5-7-22-18(9-15)13-19-10-16(6-8-23(19)22)3-4-17-11-20(24)14-21(25)12-17/h5-12,14H,2,13H2,1H3. The monoisotopic (exact) mass is 330 g/mol. The van der Waals surface area contributed by atoms with Crippen molar-refractivity contribution in [2.45, 2.75) is 19.8 Å². The number of halogens is 2. The maximum absolute atomic E-state index is 13.2. The van der Waals surface area contributed by atoms with Crippen LogP contribution in [-0.4, -0.2) is 0 Å². The first kappa shape index (κ1) is 15.6. The normalized spacial score (nSPS) is 11.5. The van der Waals surface area contributed by atoms with E-state index in [1.807, 2.05) is 6.07 Å². The van der Waals surface area contributed by atoms with Crippen molar-refractivity contribution in [1.29, 1.82) is 0 Å². The molecule has 25 heavy (non-hydrogen) atoms. The van der Waals surface area contributed by atoms with Crippen LogP contribution in [0.2, 0.25) is 0 Å². The first-order valence-electron chi connectivity index (χ1n) is 8.35. The van der Waals surface area contributed by atoms with Gasteiger partial charge in [-0.2, -0.15) is 0 Å². The lowest BCUT2D eigenvalue weighted by Gasteiger charge is -2.03. The fourth-order valence-electron chi connectivity index (χ4n) is 3.33. The summed E-state index contributed by atoms with van der Waals surface area (Å²) in [6.07, 6.45) is 1.94. The Labute approximate surface area is 146 Å². The van der Waals surface area contributed by atoms with Gasteiger partial charge in [0, 0.05) is 17.2 Å². The van der Waals surface area contributed by atoms with E-state index in [4.69, 9.17) is 0 Å². The van der Waals surface area contributed by atoms with Gasteiger partial charge >= 0.3 is 0 Å². The van der Waals surface area contributed by atoms with Gasteiger partial charge in [0.25, 0.3) is 0 Å². The maximum Gasteiger partial charge on any atom is 0.127 e. The zero-order valence-corrected chi connectivity index (χ0v) is 13.9. The highest BCUT2D eigenvalue weighted by atomic mass is 19.1. The number of hydrogen-bond donors (Lipinski definition) is 0. The summed E-state index contributed by atoms with van der Waals surface area (Å²) in [5.41, 5.74) is 7.69. The molecular formula is C23H16F2. The molecule has 0 saturated carbocycles. The van der Waals surface area contributed by atoms with Crippen LogP contribution in [-0.2, 0) is 12.8 Å². The van der Waals surface area contributed by atoms with Gasteiger partial charge in [0.1, 0.15) is 11.6 Å². The van der Waals surface area contributed by atoms with Crippen LogP contribution in [0, 0.1) is 23.5 Å². The van der Waals surface area contributed by atoms with E-state index >= 15 is 0 Å². The zero-order chi connectivity index (χ0) is 17.4. The maximum atomic E-state index is 13.2. The predicted molar refractivity (Wildman–Crippen MR) is 96.4 cm³/mol. The Balaban J connectivity index is 1.66. The Morgan fingerprint density at radius 2 is 1.40 bits per heavy atom. The Hall–Kier alpha value is -2.92. The molecule has 0 aromatic heterocycles. The highest BCUT2D eigenvalue weighted by Crippen LogP contribution is 2.37. The van der Waals surface area contributed by atoms with Crippen LogP contribution in [0.25, 0.3) is 11.1 Å². The second-order valence-electron chi connectivity index (χ2n) is 6.30. The van der Waals surface area contributed by atoms with Crippen LogP contribution in [0.3, 0.4) is 0 Å². The number of hydrogen-bond acceptors (Lipinski definition) is 0. The van der Waals surface area contributed by atoms with E-state index in [0.717, 1.165) is 24.5 Å². The van der Waals surface area contributed by atoms with E-state index in [1.54, 1.807) is 0 Å². The molecule has 0 heterocycles. The molecule has 122 valence electrons. The molecule has 3 aromatic rings. The summed E-state index contributed by atoms with van der Waals surface area (Å²) in [6, 6.07) is 16.1. The minimum atomic E-state index is -0.611. The zero-order valence-electron chi connectivity index (χ0n) is 13.9. The lowest BCUT2D eigenvalue weighted by Crippen LogP contribution is -1.85. The van der Waals surface area contributed by atoms with Crippen molar-refractivity contribution in [3.8, 4) is 23.0 Å². The van der Waals surface area contributed by atoms with Crippen LogP contribution < -0.4 is 0 Å². The van der Waals surface area contributed by atoms with Crippen LogP contribution in [0.1, 0.15) is 34.7 Å². The van der Waals surface area contributed by atoms with E-state index in [9.17, 15) is 8.78 Å². The molecular weight excluding hydrogens is 314 g/mol. The number of rotatable bonds is 1. The summed E-state index contributed by atoms with van der Waals surface area (Å²) in [6.45, 7) is 2.16. The Bertz CT molecular complexity index is 1020. The number of fused-ring (bicyclic) bond motifs is 3. The molecule has 3 aromatic carbocycles. The second kappa shape index (κ2) is 6.18. The summed E-state index contributed by atoms with van der Waals surface area (Å²) in [7, 11) is 0. The SMILES string of the molecule is CCc1ccc2c(c1)Cc1cc(C#Cc3cc(F)cc(F)c3)ccc1-2. The summed E-state index contributed by atoms with van der Waals surface area (Å²) in [4.78, 5) is 0. The highest BCUT2D eigenvalue weighted by Gasteiger charge is 2.18. The van der Waals surface area contributed by atoms with Gasteiger partial charge in [-0.05, 0) is 64.9 Å². The second-order valence-corrected chi connectivity index (χ2v) is 6.30. The molecule has 0 nitrogen and oxygen atoms in total. The minimum Gasteiger partial charge on any atom is -0.207 e. The first-order chi connectivity index (χ1) is 12.1. The van der Waals surface area contributed by atoms with Crippen LogP contribution in [0.15, 0.2) is 54.6 Å². The third-order valence-electron chi connectivity index (χ3n) is 4.57. The van der Waals surface area contributed by atoms with Crippen molar-refractivity contribution in [2.24, 2.45) is 0 Å². The Kier molecular flexibility index (Phi) is 3.86. The molecule has 0 N–H and O–H groups in total. The molecule has 1 aliphatic rings. The molecule has 0 atom stereocenters. The molecule has 2 heteroatoms. The van der Waals surface area contributed by atoms with E-state index < -0.39 is 11.6 Å². The predicted octanol–water partition coefficient (Wildman–Crippen LogP) is 5.50. The number of benzene rings is 3. The van der Waals surface area contributed by atoms with Crippen LogP contribution in [0.5, 0.6) is 0 Å². The van der Waals surface area contributed by atoms with Crippen molar-refractivity contribution in [2.75, 3.05) is 0 Å². The van der Waals surface area contributed by atoms with Gasteiger partial charge < -0.3 is 0 Å². The number of aryl methyl sites for hydroxylation is 1. The molecule has 0 aliphatic heterocycles. The van der Waals surface area contributed by atoms with Gasteiger partial charge in [0.05, 0.1) is 0 Å². The quantitative estimate of drug-likeness (QED) is 0.404. The smallest absolute Gasteiger partial charge is 0.127 e.